The molecule has 40 heavy (non-hydrogen) atoms. The van der Waals surface area contributed by atoms with Crippen LogP contribution < -0.4 is 0 Å². The summed E-state index contributed by atoms with van der Waals surface area (Å²) < 4.78 is 12.6. The van der Waals surface area contributed by atoms with Crippen molar-refractivity contribution in [3.05, 3.63) is 70.0 Å². The molecule has 1 atom stereocenters. The highest BCUT2D eigenvalue weighted by atomic mass is 19.1. The van der Waals surface area contributed by atoms with E-state index in [-0.39, 0.29) is 17.0 Å². The van der Waals surface area contributed by atoms with E-state index in [2.05, 4.69) is 66.4 Å². The standard InChI is InChI=1S/C17H22O.C8H9F.C7H16.3C2H6/c1-6-7-15-12-14(10-11-17(3,4)5)8-9-16(15)13(2)18;1-6-3-4-7(2)8(9)5-6;1-4-6-7(3)5-2;3*1-2/h8-9,12H,6-7H2,1-5H3;3-5H,1-2H3;7H,4-6H2,1-3H3;3*1-2H3. The number of Topliss-reactive ketones (excluding diaryl/α,β-unsaturated/α-hetero) is 1. The van der Waals surface area contributed by atoms with Crippen LogP contribution >= 0.6 is 0 Å². The zero-order valence-corrected chi connectivity index (χ0v) is 29.4. The lowest BCUT2D eigenvalue weighted by Crippen LogP contribution is -2.01. The zero-order chi connectivity index (χ0) is 32.3. The Hall–Kier alpha value is -2.40. The van der Waals surface area contributed by atoms with Crippen LogP contribution in [0.4, 0.5) is 4.39 Å². The Kier molecular flexibility index (Phi) is 31.4. The zero-order valence-electron chi connectivity index (χ0n) is 29.4. The summed E-state index contributed by atoms with van der Waals surface area (Å²) in [5.74, 6) is 7.38. The Morgan fingerprint density at radius 1 is 0.875 bits per heavy atom. The van der Waals surface area contributed by atoms with Gasteiger partial charge in [-0.1, -0.05) is 119 Å². The molecule has 0 aromatic heterocycles. The number of halogens is 1. The number of carbonyl (C=O) groups excluding carboxylic acids is 1. The summed E-state index contributed by atoms with van der Waals surface area (Å²) in [4.78, 5) is 11.5. The highest BCUT2D eigenvalue weighted by Crippen LogP contribution is 2.16. The van der Waals surface area contributed by atoms with Crippen molar-refractivity contribution in [1.82, 2.24) is 0 Å². The maximum absolute atomic E-state index is 12.6. The maximum atomic E-state index is 12.6. The number of hydrogen-bond donors (Lipinski definition) is 0. The minimum atomic E-state index is -0.116. The number of hydrogen-bond acceptors (Lipinski definition) is 1. The first-order chi connectivity index (χ1) is 18.8. The van der Waals surface area contributed by atoms with E-state index in [0.717, 1.165) is 41.0 Å². The summed E-state index contributed by atoms with van der Waals surface area (Å²) in [6, 6.07) is 11.1. The SMILES string of the molecule is CC.CC.CC.CCCC(C)CC.CCCc1cc(C#CC(C)(C)C)ccc1C(C)=O.Cc1ccc(C)c(F)c1. The van der Waals surface area contributed by atoms with Crippen molar-refractivity contribution < 1.29 is 9.18 Å². The van der Waals surface area contributed by atoms with Gasteiger partial charge in [0.1, 0.15) is 5.82 Å². The second kappa shape index (κ2) is 28.1. The fourth-order valence-electron chi connectivity index (χ4n) is 3.15. The average molecular weight is 557 g/mol. The summed E-state index contributed by atoms with van der Waals surface area (Å²) in [6.07, 6.45) is 6.05. The van der Waals surface area contributed by atoms with Gasteiger partial charge in [0.05, 0.1) is 0 Å². The summed E-state index contributed by atoms with van der Waals surface area (Å²) >= 11 is 0. The van der Waals surface area contributed by atoms with Gasteiger partial charge >= 0.3 is 0 Å². The summed E-state index contributed by atoms with van der Waals surface area (Å²) in [7, 11) is 0. The Bertz CT molecular complexity index is 938. The second-order valence-corrected chi connectivity index (χ2v) is 10.2. The van der Waals surface area contributed by atoms with E-state index in [1.54, 1.807) is 19.9 Å². The number of carbonyl (C=O) groups is 1. The van der Waals surface area contributed by atoms with Crippen LogP contribution in [0.5, 0.6) is 0 Å². The van der Waals surface area contributed by atoms with Crippen LogP contribution in [0.3, 0.4) is 0 Å². The molecule has 0 N–H and O–H groups in total. The Balaban J connectivity index is -0.000000246. The third-order valence-electron chi connectivity index (χ3n) is 5.39. The first kappa shape index (κ1) is 44.6. The van der Waals surface area contributed by atoms with E-state index in [0.29, 0.717) is 5.56 Å². The molecule has 1 nitrogen and oxygen atoms in total. The molecule has 0 saturated carbocycles. The second-order valence-electron chi connectivity index (χ2n) is 10.2. The van der Waals surface area contributed by atoms with E-state index in [4.69, 9.17) is 0 Å². The van der Waals surface area contributed by atoms with Crippen molar-refractivity contribution in [2.45, 2.75) is 143 Å². The molecule has 2 rings (SSSR count). The van der Waals surface area contributed by atoms with Crippen molar-refractivity contribution in [2.24, 2.45) is 11.3 Å². The molecule has 1 unspecified atom stereocenters. The molecule has 0 amide bonds. The van der Waals surface area contributed by atoms with E-state index in [1.165, 1.54) is 25.3 Å². The van der Waals surface area contributed by atoms with Gasteiger partial charge in [-0.05, 0) is 94.8 Å². The fourth-order valence-corrected chi connectivity index (χ4v) is 3.15. The first-order valence-corrected chi connectivity index (χ1v) is 15.7. The predicted octanol–water partition coefficient (Wildman–Crippen LogP) is 12.6. The minimum absolute atomic E-state index is 0.00413. The van der Waals surface area contributed by atoms with Crippen LogP contribution in [0.25, 0.3) is 0 Å². The molecule has 0 heterocycles. The van der Waals surface area contributed by atoms with Crippen molar-refractivity contribution in [3.63, 3.8) is 0 Å². The van der Waals surface area contributed by atoms with Gasteiger partial charge in [0, 0.05) is 16.5 Å². The quantitative estimate of drug-likeness (QED) is 0.255. The molecule has 0 aliphatic rings. The molecular weight excluding hydrogens is 491 g/mol. The molecule has 0 aliphatic heterocycles. The lowest BCUT2D eigenvalue weighted by atomic mass is 9.95. The first-order valence-electron chi connectivity index (χ1n) is 15.7. The number of benzene rings is 2. The van der Waals surface area contributed by atoms with Crippen LogP contribution in [-0.2, 0) is 6.42 Å². The van der Waals surface area contributed by atoms with Gasteiger partial charge in [-0.3, -0.25) is 4.79 Å². The lowest BCUT2D eigenvalue weighted by molar-refractivity contribution is 0.101. The Labute approximate surface area is 250 Å². The van der Waals surface area contributed by atoms with Crippen molar-refractivity contribution >= 4 is 5.78 Å². The van der Waals surface area contributed by atoms with Gasteiger partial charge < -0.3 is 0 Å². The van der Waals surface area contributed by atoms with Crippen LogP contribution in [0.1, 0.15) is 155 Å². The monoisotopic (exact) mass is 557 g/mol. The summed E-state index contributed by atoms with van der Waals surface area (Å²) in [5.41, 5.74) is 4.63. The lowest BCUT2D eigenvalue weighted by Gasteiger charge is -2.08. The summed E-state index contributed by atoms with van der Waals surface area (Å²) in [5, 5.41) is 0. The minimum Gasteiger partial charge on any atom is -0.295 e. The highest BCUT2D eigenvalue weighted by Gasteiger charge is 2.08. The molecule has 2 aromatic rings. The third-order valence-corrected chi connectivity index (χ3v) is 5.39. The van der Waals surface area contributed by atoms with E-state index in [1.807, 2.05) is 66.7 Å². The molecule has 0 spiro atoms. The van der Waals surface area contributed by atoms with Crippen molar-refractivity contribution in [2.75, 3.05) is 0 Å². The molecule has 0 aliphatic carbocycles. The Morgan fingerprint density at radius 2 is 1.43 bits per heavy atom. The van der Waals surface area contributed by atoms with E-state index >= 15 is 0 Å². The van der Waals surface area contributed by atoms with Gasteiger partial charge in [-0.25, -0.2) is 4.39 Å². The average Bonchev–Trinajstić information content (AvgIpc) is 2.94. The van der Waals surface area contributed by atoms with Gasteiger partial charge in [0.2, 0.25) is 0 Å². The van der Waals surface area contributed by atoms with Gasteiger partial charge in [-0.2, -0.15) is 0 Å². The van der Waals surface area contributed by atoms with Crippen LogP contribution in [0, 0.1) is 42.8 Å². The topological polar surface area (TPSA) is 17.1 Å². The van der Waals surface area contributed by atoms with Crippen molar-refractivity contribution in [1.29, 1.82) is 0 Å². The van der Waals surface area contributed by atoms with Crippen molar-refractivity contribution in [3.8, 4) is 11.8 Å². The molecule has 0 saturated heterocycles. The molecular formula is C38H65FO. The number of aryl methyl sites for hydroxylation is 3. The highest BCUT2D eigenvalue weighted by molar-refractivity contribution is 5.95. The molecule has 0 fully saturated rings. The largest absolute Gasteiger partial charge is 0.295 e. The molecule has 0 bridgehead atoms. The van der Waals surface area contributed by atoms with E-state index < -0.39 is 0 Å². The normalized spacial score (nSPS) is 9.93. The summed E-state index contributed by atoms with van der Waals surface area (Å²) in [6.45, 7) is 32.5. The number of ketones is 1. The fraction of sp³-hybridized carbons (Fsp3) is 0.605. The van der Waals surface area contributed by atoms with Crippen LogP contribution in [0.15, 0.2) is 36.4 Å². The van der Waals surface area contributed by atoms with Gasteiger partial charge in [0.15, 0.2) is 5.78 Å². The van der Waals surface area contributed by atoms with E-state index in [9.17, 15) is 9.18 Å². The molecule has 0 radical (unpaired) electrons. The van der Waals surface area contributed by atoms with Gasteiger partial charge in [-0.15, -0.1) is 0 Å². The molecule has 2 heteroatoms. The molecule has 2 aromatic carbocycles. The Morgan fingerprint density at radius 3 is 1.77 bits per heavy atom. The molecule has 230 valence electrons. The smallest absolute Gasteiger partial charge is 0.160 e. The van der Waals surface area contributed by atoms with Crippen LogP contribution in [-0.4, -0.2) is 5.78 Å². The van der Waals surface area contributed by atoms with Gasteiger partial charge in [0.25, 0.3) is 0 Å². The van der Waals surface area contributed by atoms with Crippen LogP contribution in [0.2, 0.25) is 0 Å². The predicted molar refractivity (Wildman–Crippen MR) is 181 cm³/mol. The maximum Gasteiger partial charge on any atom is 0.160 e. The third kappa shape index (κ3) is 24.6. The number of rotatable bonds is 6.